The van der Waals surface area contributed by atoms with Gasteiger partial charge in [-0.1, -0.05) is 0 Å². The molecule has 0 fully saturated rings. The summed E-state index contributed by atoms with van der Waals surface area (Å²) in [6.07, 6.45) is 0. The average molecular weight is 234 g/mol. The third kappa shape index (κ3) is 2.09. The van der Waals surface area contributed by atoms with E-state index in [1.165, 1.54) is 18.4 Å². The molecular weight excluding hydrogens is 224 g/mol. The Morgan fingerprint density at radius 2 is 2.06 bits per heavy atom. The maximum Gasteiger partial charge on any atom is 0.233 e. The van der Waals surface area contributed by atoms with Crippen LogP contribution in [0.1, 0.15) is 20.2 Å². The van der Waals surface area contributed by atoms with Gasteiger partial charge in [-0.25, -0.2) is 0 Å². The number of aryl methyl sites for hydroxylation is 1. The summed E-state index contributed by atoms with van der Waals surface area (Å²) in [6.45, 7) is 1.96. The molecule has 0 unspecified atom stereocenters. The van der Waals surface area contributed by atoms with Crippen molar-refractivity contribution in [2.75, 3.05) is 7.11 Å². The molecule has 0 spiro atoms. The molecule has 2 aromatic heterocycles. The van der Waals surface area contributed by atoms with Gasteiger partial charge in [-0.3, -0.25) is 4.79 Å². The number of hydrogen-bond donors (Lipinski definition) is 0. The van der Waals surface area contributed by atoms with Crippen LogP contribution in [0.25, 0.3) is 0 Å². The molecule has 0 N–H and O–H groups in total. The maximum absolute atomic E-state index is 11.9. The van der Waals surface area contributed by atoms with Crippen LogP contribution in [0, 0.1) is 6.92 Å². The SMILES string of the molecule is COc1ccc(C(=O)c2ccc(C)s2)nn1. The van der Waals surface area contributed by atoms with E-state index in [-0.39, 0.29) is 5.78 Å². The molecule has 2 rings (SSSR count). The van der Waals surface area contributed by atoms with Crippen molar-refractivity contribution in [1.29, 1.82) is 0 Å². The maximum atomic E-state index is 11.9. The van der Waals surface area contributed by atoms with Crippen LogP contribution in [0.15, 0.2) is 24.3 Å². The van der Waals surface area contributed by atoms with E-state index in [4.69, 9.17) is 4.74 Å². The number of aromatic nitrogens is 2. The van der Waals surface area contributed by atoms with Crippen molar-refractivity contribution in [2.24, 2.45) is 0 Å². The Kier molecular flexibility index (Phi) is 2.96. The molecule has 16 heavy (non-hydrogen) atoms. The highest BCUT2D eigenvalue weighted by atomic mass is 32.1. The van der Waals surface area contributed by atoms with E-state index in [1.54, 1.807) is 18.2 Å². The normalized spacial score (nSPS) is 10.1. The summed E-state index contributed by atoms with van der Waals surface area (Å²) in [5, 5.41) is 7.58. The fourth-order valence-corrected chi connectivity index (χ4v) is 2.05. The highest BCUT2D eigenvalue weighted by molar-refractivity contribution is 7.14. The summed E-state index contributed by atoms with van der Waals surface area (Å²) in [5.41, 5.74) is 0.336. The number of carbonyl (C=O) groups excluding carboxylic acids is 1. The predicted octanol–water partition coefficient (Wildman–Crippen LogP) is 2.09. The lowest BCUT2D eigenvalue weighted by Gasteiger charge is -1.98. The van der Waals surface area contributed by atoms with Crippen molar-refractivity contribution in [3.05, 3.63) is 39.7 Å². The van der Waals surface area contributed by atoms with Crippen LogP contribution in [-0.2, 0) is 0 Å². The first-order chi connectivity index (χ1) is 7.70. The number of carbonyl (C=O) groups is 1. The van der Waals surface area contributed by atoms with Crippen LogP contribution in [0.4, 0.5) is 0 Å². The second-order valence-corrected chi connectivity index (χ2v) is 4.49. The zero-order chi connectivity index (χ0) is 11.5. The van der Waals surface area contributed by atoms with Crippen LogP contribution in [0.2, 0.25) is 0 Å². The van der Waals surface area contributed by atoms with Gasteiger partial charge in [0.2, 0.25) is 11.7 Å². The van der Waals surface area contributed by atoms with Crippen molar-refractivity contribution in [1.82, 2.24) is 10.2 Å². The standard InChI is InChI=1S/C11H10N2O2S/c1-7-3-5-9(16-7)11(14)8-4-6-10(15-2)13-12-8/h3-6H,1-2H3. The van der Waals surface area contributed by atoms with Gasteiger partial charge in [0.25, 0.3) is 0 Å². The van der Waals surface area contributed by atoms with Crippen molar-refractivity contribution in [2.45, 2.75) is 6.92 Å². The highest BCUT2D eigenvalue weighted by Gasteiger charge is 2.13. The molecule has 4 nitrogen and oxygen atoms in total. The largest absolute Gasteiger partial charge is 0.480 e. The van der Waals surface area contributed by atoms with Crippen molar-refractivity contribution < 1.29 is 9.53 Å². The molecule has 0 saturated carbocycles. The predicted molar refractivity (Wildman–Crippen MR) is 61.1 cm³/mol. The Morgan fingerprint density at radius 1 is 1.25 bits per heavy atom. The fourth-order valence-electron chi connectivity index (χ4n) is 1.23. The van der Waals surface area contributed by atoms with Crippen molar-refractivity contribution in [3.8, 4) is 5.88 Å². The molecular formula is C11H10N2O2S. The summed E-state index contributed by atoms with van der Waals surface area (Å²) in [7, 11) is 1.51. The Bertz CT molecular complexity index is 505. The second-order valence-electron chi connectivity index (χ2n) is 3.20. The minimum absolute atomic E-state index is 0.103. The first-order valence-corrected chi connectivity index (χ1v) is 5.51. The number of nitrogens with zero attached hydrogens (tertiary/aromatic N) is 2. The molecule has 0 aliphatic rings. The summed E-state index contributed by atoms with van der Waals surface area (Å²) < 4.78 is 4.88. The highest BCUT2D eigenvalue weighted by Crippen LogP contribution is 2.18. The minimum atomic E-state index is -0.103. The van der Waals surface area contributed by atoms with Crippen LogP contribution < -0.4 is 4.74 Å². The van der Waals surface area contributed by atoms with Crippen molar-refractivity contribution >= 4 is 17.1 Å². The van der Waals surface area contributed by atoms with Gasteiger partial charge in [0.05, 0.1) is 12.0 Å². The lowest BCUT2D eigenvalue weighted by atomic mass is 10.2. The zero-order valence-corrected chi connectivity index (χ0v) is 9.75. The molecule has 0 bridgehead atoms. The van der Waals surface area contributed by atoms with Gasteiger partial charge in [0, 0.05) is 10.9 Å². The van der Waals surface area contributed by atoms with Gasteiger partial charge in [-0.2, -0.15) is 0 Å². The average Bonchev–Trinajstić information content (AvgIpc) is 2.75. The van der Waals surface area contributed by atoms with Gasteiger partial charge in [-0.05, 0) is 25.1 Å². The number of thiophene rings is 1. The molecule has 0 saturated heterocycles. The Morgan fingerprint density at radius 3 is 2.56 bits per heavy atom. The minimum Gasteiger partial charge on any atom is -0.480 e. The lowest BCUT2D eigenvalue weighted by Crippen LogP contribution is -2.03. The summed E-state index contributed by atoms with van der Waals surface area (Å²) in [4.78, 5) is 13.7. The van der Waals surface area contributed by atoms with Gasteiger partial charge < -0.3 is 4.74 Å². The molecule has 0 atom stereocenters. The van der Waals surface area contributed by atoms with E-state index in [1.807, 2.05) is 13.0 Å². The Balaban J connectivity index is 2.27. The van der Waals surface area contributed by atoms with E-state index >= 15 is 0 Å². The van der Waals surface area contributed by atoms with E-state index < -0.39 is 0 Å². The van der Waals surface area contributed by atoms with E-state index in [2.05, 4.69) is 10.2 Å². The molecule has 5 heteroatoms. The van der Waals surface area contributed by atoms with Crippen LogP contribution >= 0.6 is 11.3 Å². The molecule has 0 aliphatic carbocycles. The molecule has 2 heterocycles. The zero-order valence-electron chi connectivity index (χ0n) is 8.93. The smallest absolute Gasteiger partial charge is 0.233 e. The molecule has 0 radical (unpaired) electrons. The first-order valence-electron chi connectivity index (χ1n) is 4.69. The molecule has 82 valence electrons. The second kappa shape index (κ2) is 4.40. The van der Waals surface area contributed by atoms with Crippen LogP contribution in [-0.4, -0.2) is 23.1 Å². The van der Waals surface area contributed by atoms with Gasteiger partial charge >= 0.3 is 0 Å². The van der Waals surface area contributed by atoms with Gasteiger partial charge in [0.1, 0.15) is 5.69 Å². The van der Waals surface area contributed by atoms with E-state index in [9.17, 15) is 4.79 Å². The van der Waals surface area contributed by atoms with Gasteiger partial charge in [-0.15, -0.1) is 21.5 Å². The van der Waals surface area contributed by atoms with Crippen LogP contribution in [0.3, 0.4) is 0 Å². The molecule has 0 amide bonds. The van der Waals surface area contributed by atoms with E-state index in [0.717, 1.165) is 4.88 Å². The number of ketones is 1. The van der Waals surface area contributed by atoms with Crippen molar-refractivity contribution in [3.63, 3.8) is 0 Å². The number of hydrogen-bond acceptors (Lipinski definition) is 5. The lowest BCUT2D eigenvalue weighted by molar-refractivity contribution is 0.103. The monoisotopic (exact) mass is 234 g/mol. The van der Waals surface area contributed by atoms with E-state index in [0.29, 0.717) is 16.5 Å². The summed E-state index contributed by atoms with van der Waals surface area (Å²) >= 11 is 1.45. The number of ether oxygens (including phenoxy) is 1. The van der Waals surface area contributed by atoms with Crippen LogP contribution in [0.5, 0.6) is 5.88 Å². The quantitative estimate of drug-likeness (QED) is 0.763. The summed E-state index contributed by atoms with van der Waals surface area (Å²) in [5.74, 6) is 0.298. The summed E-state index contributed by atoms with van der Waals surface area (Å²) in [6, 6.07) is 6.95. The number of methoxy groups -OCH3 is 1. The topological polar surface area (TPSA) is 52.1 Å². The Labute approximate surface area is 96.9 Å². The first kappa shape index (κ1) is 10.8. The Hall–Kier alpha value is -1.75. The van der Waals surface area contributed by atoms with Gasteiger partial charge in [0.15, 0.2) is 0 Å². The third-order valence-electron chi connectivity index (χ3n) is 2.05. The fraction of sp³-hybridized carbons (Fsp3) is 0.182. The molecule has 2 aromatic rings. The third-order valence-corrected chi connectivity index (χ3v) is 3.05. The molecule has 0 aliphatic heterocycles. The number of rotatable bonds is 3. The molecule has 0 aromatic carbocycles.